The van der Waals surface area contributed by atoms with Crippen molar-refractivity contribution in [3.8, 4) is 5.75 Å². The summed E-state index contributed by atoms with van der Waals surface area (Å²) >= 11 is 0. The maximum absolute atomic E-state index is 14.4. The van der Waals surface area contributed by atoms with Crippen molar-refractivity contribution in [1.29, 1.82) is 0 Å². The Morgan fingerprint density at radius 1 is 0.837 bits per heavy atom. The first kappa shape index (κ1) is 31.3. The first-order valence-electron chi connectivity index (χ1n) is 14.0. The standard InChI is InChI=1S/C34H37N3O5S/c1-25-17-19-30(20-18-25)43(40,41)37(31-16-9-8-11-26(31)2)24-33(38)36(23-28-14-10-15-29(21-28)42-4)32(34(39)35-3)22-27-12-6-5-7-13-27/h5-21,32H,22-24H2,1-4H3,(H,35,39)/t32-/m1/s1. The van der Waals surface area contributed by atoms with E-state index in [0.29, 0.717) is 17.0 Å². The van der Waals surface area contributed by atoms with Gasteiger partial charge >= 0.3 is 0 Å². The van der Waals surface area contributed by atoms with Gasteiger partial charge in [-0.25, -0.2) is 8.42 Å². The average molecular weight is 600 g/mol. The molecule has 8 nitrogen and oxygen atoms in total. The molecule has 0 bridgehead atoms. The van der Waals surface area contributed by atoms with Gasteiger partial charge in [-0.1, -0.05) is 78.4 Å². The Morgan fingerprint density at radius 2 is 1.49 bits per heavy atom. The zero-order valence-corrected chi connectivity index (χ0v) is 25.7. The van der Waals surface area contributed by atoms with Gasteiger partial charge in [-0.05, 0) is 60.9 Å². The van der Waals surface area contributed by atoms with Crippen LogP contribution in [0.3, 0.4) is 0 Å². The van der Waals surface area contributed by atoms with E-state index < -0.39 is 28.5 Å². The van der Waals surface area contributed by atoms with Gasteiger partial charge in [0.1, 0.15) is 18.3 Å². The second-order valence-corrected chi connectivity index (χ2v) is 12.2. The Morgan fingerprint density at radius 3 is 2.14 bits per heavy atom. The second kappa shape index (κ2) is 14.0. The van der Waals surface area contributed by atoms with Crippen LogP contribution >= 0.6 is 0 Å². The van der Waals surface area contributed by atoms with Crippen molar-refractivity contribution in [2.75, 3.05) is 25.0 Å². The fourth-order valence-corrected chi connectivity index (χ4v) is 6.36. The van der Waals surface area contributed by atoms with Gasteiger partial charge in [-0.15, -0.1) is 0 Å². The van der Waals surface area contributed by atoms with Gasteiger partial charge in [-0.2, -0.15) is 0 Å². The Kier molecular flexibility index (Phi) is 10.2. The smallest absolute Gasteiger partial charge is 0.264 e. The molecule has 0 saturated carbocycles. The van der Waals surface area contributed by atoms with Crippen LogP contribution in [0.5, 0.6) is 5.75 Å². The minimum atomic E-state index is -4.15. The molecular formula is C34H37N3O5S. The number of amides is 2. The van der Waals surface area contributed by atoms with Crippen molar-refractivity contribution in [3.05, 3.63) is 125 Å². The SMILES string of the molecule is CNC(=O)[C@@H](Cc1ccccc1)N(Cc1cccc(OC)c1)C(=O)CN(c1ccccc1C)S(=O)(=O)c1ccc(C)cc1. The average Bonchev–Trinajstić information content (AvgIpc) is 3.02. The van der Waals surface area contributed by atoms with Crippen LogP contribution in [0, 0.1) is 13.8 Å². The molecule has 4 aromatic rings. The van der Waals surface area contributed by atoms with Crippen LogP contribution in [-0.4, -0.2) is 51.9 Å². The highest BCUT2D eigenvalue weighted by Gasteiger charge is 2.34. The van der Waals surface area contributed by atoms with E-state index in [1.54, 1.807) is 56.5 Å². The molecule has 43 heavy (non-hydrogen) atoms. The van der Waals surface area contributed by atoms with Gasteiger partial charge in [0.25, 0.3) is 10.0 Å². The number of hydrogen-bond donors (Lipinski definition) is 1. The summed E-state index contributed by atoms with van der Waals surface area (Å²) in [6.45, 7) is 3.23. The van der Waals surface area contributed by atoms with Crippen molar-refractivity contribution < 1.29 is 22.7 Å². The highest BCUT2D eigenvalue weighted by molar-refractivity contribution is 7.92. The van der Waals surface area contributed by atoms with E-state index in [9.17, 15) is 18.0 Å². The number of carbonyl (C=O) groups is 2. The van der Waals surface area contributed by atoms with Crippen molar-refractivity contribution in [2.24, 2.45) is 0 Å². The molecule has 1 N–H and O–H groups in total. The van der Waals surface area contributed by atoms with Crippen molar-refractivity contribution in [1.82, 2.24) is 10.2 Å². The maximum atomic E-state index is 14.4. The Bertz CT molecular complexity index is 1660. The highest BCUT2D eigenvalue weighted by atomic mass is 32.2. The molecule has 1 atom stereocenters. The largest absolute Gasteiger partial charge is 0.497 e. The number of rotatable bonds is 12. The van der Waals surface area contributed by atoms with Crippen LogP contribution in [0.25, 0.3) is 0 Å². The van der Waals surface area contributed by atoms with Crippen LogP contribution in [-0.2, 0) is 32.6 Å². The molecule has 0 fully saturated rings. The summed E-state index contributed by atoms with van der Waals surface area (Å²) in [6, 6.07) is 29.3. The van der Waals surface area contributed by atoms with Gasteiger partial charge in [0.2, 0.25) is 11.8 Å². The van der Waals surface area contributed by atoms with Crippen LogP contribution in [0.4, 0.5) is 5.69 Å². The fourth-order valence-electron chi connectivity index (χ4n) is 4.88. The van der Waals surface area contributed by atoms with E-state index in [0.717, 1.165) is 21.0 Å². The molecule has 4 aromatic carbocycles. The van der Waals surface area contributed by atoms with Crippen molar-refractivity contribution in [3.63, 3.8) is 0 Å². The molecule has 2 amide bonds. The fraction of sp³-hybridized carbons (Fsp3) is 0.235. The number of nitrogens with one attached hydrogen (secondary N) is 1. The number of para-hydroxylation sites is 1. The molecule has 0 aromatic heterocycles. The number of sulfonamides is 1. The van der Waals surface area contributed by atoms with E-state index in [4.69, 9.17) is 4.74 Å². The number of anilines is 1. The molecular weight excluding hydrogens is 562 g/mol. The van der Waals surface area contributed by atoms with Crippen LogP contribution in [0.2, 0.25) is 0 Å². The summed E-state index contributed by atoms with van der Waals surface area (Å²) in [4.78, 5) is 29.3. The molecule has 224 valence electrons. The van der Waals surface area contributed by atoms with Gasteiger partial charge in [-0.3, -0.25) is 13.9 Å². The zero-order chi connectivity index (χ0) is 31.0. The molecule has 0 unspecified atom stereocenters. The number of nitrogens with zero attached hydrogens (tertiary/aromatic N) is 2. The minimum Gasteiger partial charge on any atom is -0.497 e. The highest BCUT2D eigenvalue weighted by Crippen LogP contribution is 2.28. The van der Waals surface area contributed by atoms with Crippen molar-refractivity contribution in [2.45, 2.75) is 37.8 Å². The summed E-state index contributed by atoms with van der Waals surface area (Å²) in [5.74, 6) is -0.275. The number of aryl methyl sites for hydroxylation is 2. The summed E-state index contributed by atoms with van der Waals surface area (Å²) in [6.07, 6.45) is 0.241. The summed E-state index contributed by atoms with van der Waals surface area (Å²) in [5.41, 5.74) is 3.59. The molecule has 0 aliphatic rings. The van der Waals surface area contributed by atoms with Gasteiger partial charge in [0.05, 0.1) is 17.7 Å². The zero-order valence-electron chi connectivity index (χ0n) is 24.9. The third-order valence-corrected chi connectivity index (χ3v) is 9.05. The van der Waals surface area contributed by atoms with E-state index in [1.165, 1.54) is 24.1 Å². The number of ether oxygens (including phenoxy) is 1. The third-order valence-electron chi connectivity index (χ3n) is 7.28. The lowest BCUT2D eigenvalue weighted by Gasteiger charge is -2.34. The number of benzene rings is 4. The monoisotopic (exact) mass is 599 g/mol. The molecule has 0 aliphatic heterocycles. The normalized spacial score (nSPS) is 11.8. The third kappa shape index (κ3) is 7.61. The number of hydrogen-bond acceptors (Lipinski definition) is 5. The first-order chi connectivity index (χ1) is 20.6. The molecule has 0 spiro atoms. The van der Waals surface area contributed by atoms with E-state index in [2.05, 4.69) is 5.32 Å². The molecule has 0 radical (unpaired) electrons. The predicted octanol–water partition coefficient (Wildman–Crippen LogP) is 4.89. The Balaban J connectivity index is 1.80. The topological polar surface area (TPSA) is 96.0 Å². The van der Waals surface area contributed by atoms with Crippen LogP contribution in [0.15, 0.2) is 108 Å². The van der Waals surface area contributed by atoms with Crippen LogP contribution < -0.4 is 14.4 Å². The van der Waals surface area contributed by atoms with Crippen molar-refractivity contribution >= 4 is 27.5 Å². The Labute approximate surface area is 254 Å². The lowest BCUT2D eigenvalue weighted by atomic mass is 10.0. The molecule has 0 heterocycles. The molecule has 9 heteroatoms. The van der Waals surface area contributed by atoms with Gasteiger partial charge in [0, 0.05) is 20.0 Å². The molecule has 0 saturated heterocycles. The first-order valence-corrected chi connectivity index (χ1v) is 15.4. The maximum Gasteiger partial charge on any atom is 0.264 e. The number of likely N-dealkylation sites (N-methyl/N-ethyl adjacent to an activating group) is 1. The van der Waals surface area contributed by atoms with Gasteiger partial charge < -0.3 is 15.0 Å². The summed E-state index contributed by atoms with van der Waals surface area (Å²) < 4.78 is 34.7. The second-order valence-electron chi connectivity index (χ2n) is 10.3. The predicted molar refractivity (Wildman–Crippen MR) is 168 cm³/mol. The van der Waals surface area contributed by atoms with Gasteiger partial charge in [0.15, 0.2) is 0 Å². The van der Waals surface area contributed by atoms with E-state index >= 15 is 0 Å². The quantitative estimate of drug-likeness (QED) is 0.250. The summed E-state index contributed by atoms with van der Waals surface area (Å²) in [7, 11) is -1.07. The Hall–Kier alpha value is -4.63. The number of methoxy groups -OCH3 is 1. The summed E-state index contributed by atoms with van der Waals surface area (Å²) in [5, 5.41) is 2.70. The number of carbonyl (C=O) groups excluding carboxylic acids is 2. The minimum absolute atomic E-state index is 0.0626. The molecule has 4 rings (SSSR count). The lowest BCUT2D eigenvalue weighted by molar-refractivity contribution is -0.139. The lowest BCUT2D eigenvalue weighted by Crippen LogP contribution is -2.53. The van der Waals surface area contributed by atoms with E-state index in [1.807, 2.05) is 55.5 Å². The van der Waals surface area contributed by atoms with Crippen LogP contribution in [0.1, 0.15) is 22.3 Å². The molecule has 0 aliphatic carbocycles. The van der Waals surface area contributed by atoms with E-state index in [-0.39, 0.29) is 23.8 Å².